The fourth-order valence-electron chi connectivity index (χ4n) is 2.24. The zero-order valence-electron chi connectivity index (χ0n) is 12.4. The SMILES string of the molecule is O=C(Nc1nc(-c2ccccn2)cs1)c1ccc2nccnc2c1. The van der Waals surface area contributed by atoms with Crippen LogP contribution in [0.15, 0.2) is 60.4 Å². The number of fused-ring (bicyclic) bond motifs is 1. The number of rotatable bonds is 3. The Kier molecular flexibility index (Phi) is 3.68. The standard InChI is InChI=1S/C17H11N5OS/c23-16(11-4-5-13-14(9-11)20-8-7-19-13)22-17-21-15(10-24-17)12-3-1-2-6-18-12/h1-10H,(H,21,22,23). The number of anilines is 1. The highest BCUT2D eigenvalue weighted by Crippen LogP contribution is 2.23. The summed E-state index contributed by atoms with van der Waals surface area (Å²) in [5.74, 6) is -0.232. The summed E-state index contributed by atoms with van der Waals surface area (Å²) < 4.78 is 0. The minimum Gasteiger partial charge on any atom is -0.298 e. The maximum Gasteiger partial charge on any atom is 0.257 e. The number of pyridine rings is 1. The van der Waals surface area contributed by atoms with Crippen molar-refractivity contribution < 1.29 is 4.79 Å². The van der Waals surface area contributed by atoms with Gasteiger partial charge in [0.25, 0.3) is 5.91 Å². The van der Waals surface area contributed by atoms with E-state index >= 15 is 0 Å². The maximum absolute atomic E-state index is 12.4. The van der Waals surface area contributed by atoms with Crippen LogP contribution < -0.4 is 5.32 Å². The Morgan fingerprint density at radius 2 is 1.79 bits per heavy atom. The van der Waals surface area contributed by atoms with E-state index in [0.29, 0.717) is 16.2 Å². The molecule has 0 aliphatic rings. The number of nitrogens with one attached hydrogen (secondary N) is 1. The lowest BCUT2D eigenvalue weighted by Gasteiger charge is -2.03. The minimum absolute atomic E-state index is 0.232. The summed E-state index contributed by atoms with van der Waals surface area (Å²) in [5.41, 5.74) is 3.45. The molecule has 116 valence electrons. The Bertz CT molecular complexity index is 1020. The fraction of sp³-hybridized carbons (Fsp3) is 0. The molecule has 0 spiro atoms. The third-order valence-electron chi connectivity index (χ3n) is 3.38. The molecule has 0 atom stereocenters. The number of amides is 1. The zero-order chi connectivity index (χ0) is 16.4. The van der Waals surface area contributed by atoms with Gasteiger partial charge in [-0.15, -0.1) is 11.3 Å². The molecule has 1 amide bonds. The summed E-state index contributed by atoms with van der Waals surface area (Å²) in [7, 11) is 0. The van der Waals surface area contributed by atoms with Crippen molar-refractivity contribution in [1.29, 1.82) is 0 Å². The molecule has 3 aromatic heterocycles. The van der Waals surface area contributed by atoms with Gasteiger partial charge < -0.3 is 0 Å². The van der Waals surface area contributed by atoms with Crippen LogP contribution in [0.25, 0.3) is 22.4 Å². The van der Waals surface area contributed by atoms with Crippen molar-refractivity contribution in [3.05, 3.63) is 65.9 Å². The van der Waals surface area contributed by atoms with Gasteiger partial charge >= 0.3 is 0 Å². The molecule has 4 rings (SSSR count). The smallest absolute Gasteiger partial charge is 0.257 e. The number of hydrogen-bond acceptors (Lipinski definition) is 6. The van der Waals surface area contributed by atoms with E-state index in [1.807, 2.05) is 23.6 Å². The molecule has 1 N–H and O–H groups in total. The second kappa shape index (κ2) is 6.13. The van der Waals surface area contributed by atoms with Gasteiger partial charge in [-0.2, -0.15) is 0 Å². The fourth-order valence-corrected chi connectivity index (χ4v) is 2.94. The molecule has 4 aromatic rings. The Morgan fingerprint density at radius 3 is 2.62 bits per heavy atom. The molecule has 24 heavy (non-hydrogen) atoms. The number of carbonyl (C=O) groups excluding carboxylic acids is 1. The number of thiazole rings is 1. The van der Waals surface area contributed by atoms with E-state index in [0.717, 1.165) is 16.9 Å². The second-order valence-corrected chi connectivity index (χ2v) is 5.82. The first-order chi connectivity index (χ1) is 11.8. The van der Waals surface area contributed by atoms with Gasteiger partial charge in [0, 0.05) is 29.5 Å². The summed E-state index contributed by atoms with van der Waals surface area (Å²) in [6, 6.07) is 10.8. The molecule has 0 aliphatic carbocycles. The van der Waals surface area contributed by atoms with Crippen LogP contribution in [0.3, 0.4) is 0 Å². The average Bonchev–Trinajstić information content (AvgIpc) is 3.10. The topological polar surface area (TPSA) is 80.7 Å². The summed E-state index contributed by atoms with van der Waals surface area (Å²) in [6.45, 7) is 0. The molecule has 0 radical (unpaired) electrons. The lowest BCUT2D eigenvalue weighted by molar-refractivity contribution is 0.102. The van der Waals surface area contributed by atoms with E-state index in [-0.39, 0.29) is 5.91 Å². The summed E-state index contributed by atoms with van der Waals surface area (Å²) in [6.07, 6.45) is 4.93. The molecular weight excluding hydrogens is 322 g/mol. The van der Waals surface area contributed by atoms with Crippen LogP contribution in [0.1, 0.15) is 10.4 Å². The van der Waals surface area contributed by atoms with Gasteiger partial charge in [0.15, 0.2) is 5.13 Å². The van der Waals surface area contributed by atoms with E-state index in [4.69, 9.17) is 0 Å². The molecule has 0 saturated carbocycles. The first kappa shape index (κ1) is 14.4. The number of benzene rings is 1. The van der Waals surface area contributed by atoms with E-state index in [2.05, 4.69) is 25.3 Å². The molecule has 7 heteroatoms. The molecule has 0 saturated heterocycles. The minimum atomic E-state index is -0.232. The van der Waals surface area contributed by atoms with Crippen molar-refractivity contribution in [3.8, 4) is 11.4 Å². The highest BCUT2D eigenvalue weighted by Gasteiger charge is 2.11. The highest BCUT2D eigenvalue weighted by atomic mass is 32.1. The van der Waals surface area contributed by atoms with Gasteiger partial charge in [0.2, 0.25) is 0 Å². The third kappa shape index (κ3) is 2.84. The molecule has 6 nitrogen and oxygen atoms in total. The highest BCUT2D eigenvalue weighted by molar-refractivity contribution is 7.14. The van der Waals surface area contributed by atoms with E-state index in [1.54, 1.807) is 36.8 Å². The number of carbonyl (C=O) groups is 1. The third-order valence-corrected chi connectivity index (χ3v) is 4.14. The van der Waals surface area contributed by atoms with Crippen molar-refractivity contribution in [1.82, 2.24) is 19.9 Å². The van der Waals surface area contributed by atoms with Crippen molar-refractivity contribution in [2.24, 2.45) is 0 Å². The predicted molar refractivity (Wildman–Crippen MR) is 92.8 cm³/mol. The van der Waals surface area contributed by atoms with E-state index in [9.17, 15) is 4.79 Å². The lowest BCUT2D eigenvalue weighted by atomic mass is 10.2. The molecule has 0 fully saturated rings. The van der Waals surface area contributed by atoms with Crippen LogP contribution in [0.5, 0.6) is 0 Å². The van der Waals surface area contributed by atoms with Crippen molar-refractivity contribution in [2.45, 2.75) is 0 Å². The Balaban J connectivity index is 1.56. The number of nitrogens with zero attached hydrogens (tertiary/aromatic N) is 4. The number of aromatic nitrogens is 4. The lowest BCUT2D eigenvalue weighted by Crippen LogP contribution is -2.11. The first-order valence-electron chi connectivity index (χ1n) is 7.19. The molecule has 1 aromatic carbocycles. The Labute approximate surface area is 141 Å². The second-order valence-electron chi connectivity index (χ2n) is 4.97. The molecule has 0 bridgehead atoms. The van der Waals surface area contributed by atoms with Gasteiger partial charge in [-0.3, -0.25) is 25.1 Å². The summed E-state index contributed by atoms with van der Waals surface area (Å²) >= 11 is 1.36. The van der Waals surface area contributed by atoms with Crippen LogP contribution in [-0.2, 0) is 0 Å². The largest absolute Gasteiger partial charge is 0.298 e. The Hall–Kier alpha value is -3.19. The predicted octanol–water partition coefficient (Wildman–Crippen LogP) is 3.40. The quantitative estimate of drug-likeness (QED) is 0.621. The number of hydrogen-bond donors (Lipinski definition) is 1. The van der Waals surface area contributed by atoms with Crippen molar-refractivity contribution in [3.63, 3.8) is 0 Å². The van der Waals surface area contributed by atoms with Crippen molar-refractivity contribution in [2.75, 3.05) is 5.32 Å². The van der Waals surface area contributed by atoms with Gasteiger partial charge in [-0.05, 0) is 30.3 Å². The normalized spacial score (nSPS) is 10.7. The van der Waals surface area contributed by atoms with Gasteiger partial charge in [0.05, 0.1) is 16.7 Å². The summed E-state index contributed by atoms with van der Waals surface area (Å²) in [5, 5.41) is 5.20. The van der Waals surface area contributed by atoms with E-state index < -0.39 is 0 Å². The first-order valence-corrected chi connectivity index (χ1v) is 8.06. The monoisotopic (exact) mass is 333 g/mol. The zero-order valence-corrected chi connectivity index (χ0v) is 13.2. The van der Waals surface area contributed by atoms with Crippen LogP contribution in [0.2, 0.25) is 0 Å². The van der Waals surface area contributed by atoms with Crippen LogP contribution in [0, 0.1) is 0 Å². The van der Waals surface area contributed by atoms with Crippen molar-refractivity contribution >= 4 is 33.4 Å². The van der Waals surface area contributed by atoms with E-state index in [1.165, 1.54) is 11.3 Å². The van der Waals surface area contributed by atoms with Gasteiger partial charge in [-0.1, -0.05) is 6.07 Å². The molecular formula is C17H11N5OS. The van der Waals surface area contributed by atoms with Gasteiger partial charge in [0.1, 0.15) is 5.69 Å². The summed E-state index contributed by atoms with van der Waals surface area (Å²) in [4.78, 5) is 29.5. The van der Waals surface area contributed by atoms with Crippen LogP contribution in [0.4, 0.5) is 5.13 Å². The van der Waals surface area contributed by atoms with Crippen LogP contribution in [-0.4, -0.2) is 25.8 Å². The van der Waals surface area contributed by atoms with Crippen LogP contribution >= 0.6 is 11.3 Å². The molecule has 0 aliphatic heterocycles. The molecule has 0 unspecified atom stereocenters. The molecule has 3 heterocycles. The maximum atomic E-state index is 12.4. The van der Waals surface area contributed by atoms with Gasteiger partial charge in [-0.25, -0.2) is 4.98 Å². The average molecular weight is 333 g/mol. The Morgan fingerprint density at radius 1 is 0.917 bits per heavy atom.